The number of benzene rings is 3. The lowest BCUT2D eigenvalue weighted by atomic mass is 9.98. The molecule has 5 rings (SSSR count). The van der Waals surface area contributed by atoms with Gasteiger partial charge in [-0.05, 0) is 33.9 Å². The van der Waals surface area contributed by atoms with Crippen LogP contribution in [0.25, 0.3) is 11.1 Å². The van der Waals surface area contributed by atoms with E-state index in [-0.39, 0.29) is 18.9 Å². The summed E-state index contributed by atoms with van der Waals surface area (Å²) in [5.41, 5.74) is 5.27. The van der Waals surface area contributed by atoms with Crippen molar-refractivity contribution >= 4 is 17.7 Å². The highest BCUT2D eigenvalue weighted by Gasteiger charge is 2.29. The second-order valence-electron chi connectivity index (χ2n) is 7.67. The summed E-state index contributed by atoms with van der Waals surface area (Å²) in [6.45, 7) is 0.938. The Bertz CT molecular complexity index is 1160. The van der Waals surface area contributed by atoms with Crippen molar-refractivity contribution in [2.75, 3.05) is 25.1 Å². The summed E-state index contributed by atoms with van der Waals surface area (Å²) >= 11 is 0. The van der Waals surface area contributed by atoms with Crippen LogP contribution >= 0.6 is 0 Å². The second kappa shape index (κ2) is 8.26. The Morgan fingerprint density at radius 2 is 1.53 bits per heavy atom. The summed E-state index contributed by atoms with van der Waals surface area (Å²) in [5.74, 6) is -0.158. The van der Waals surface area contributed by atoms with Gasteiger partial charge in [0.2, 0.25) is 0 Å². The van der Waals surface area contributed by atoms with Gasteiger partial charge in [-0.15, -0.1) is 0 Å². The van der Waals surface area contributed by atoms with E-state index in [1.54, 1.807) is 12.1 Å². The first-order valence-electron chi connectivity index (χ1n) is 10.4. The van der Waals surface area contributed by atoms with E-state index in [0.29, 0.717) is 36.0 Å². The lowest BCUT2D eigenvalue weighted by molar-refractivity contribution is -0.136. The number of aliphatic carboxylic acids is 1. The first-order chi connectivity index (χ1) is 15.6. The predicted molar refractivity (Wildman–Crippen MR) is 117 cm³/mol. The standard InChI is InChI=1S/C25H21NO6/c27-24(28)12-15-11-22-23(31-10-9-30-22)13-21(15)26-25(29)32-14-20-18-7-3-1-5-16(18)17-6-2-4-8-19(17)20/h1-8,11,13,20H,9-10,12,14H2,(H,26,29)(H,27,28). The molecule has 0 saturated heterocycles. The maximum atomic E-state index is 12.6. The number of hydrogen-bond acceptors (Lipinski definition) is 5. The van der Waals surface area contributed by atoms with Crippen LogP contribution in [-0.2, 0) is 16.0 Å². The third kappa shape index (κ3) is 3.73. The zero-order valence-corrected chi connectivity index (χ0v) is 17.2. The number of carboxylic acid groups (broad SMARTS) is 1. The maximum Gasteiger partial charge on any atom is 0.411 e. The van der Waals surface area contributed by atoms with E-state index in [1.807, 2.05) is 36.4 Å². The maximum absolute atomic E-state index is 12.6. The highest BCUT2D eigenvalue weighted by atomic mass is 16.6. The SMILES string of the molecule is O=C(O)Cc1cc2c(cc1NC(=O)OCC1c3ccccc3-c3ccccc31)OCCO2. The quantitative estimate of drug-likeness (QED) is 0.620. The topological polar surface area (TPSA) is 94.1 Å². The van der Waals surface area contributed by atoms with E-state index in [0.717, 1.165) is 22.3 Å². The molecular weight excluding hydrogens is 410 g/mol. The van der Waals surface area contributed by atoms with Crippen molar-refractivity contribution in [1.82, 2.24) is 0 Å². The average molecular weight is 431 g/mol. The van der Waals surface area contributed by atoms with E-state index in [9.17, 15) is 14.7 Å². The second-order valence-corrected chi connectivity index (χ2v) is 7.67. The smallest absolute Gasteiger partial charge is 0.411 e. The van der Waals surface area contributed by atoms with E-state index in [4.69, 9.17) is 14.2 Å². The molecule has 162 valence electrons. The summed E-state index contributed by atoms with van der Waals surface area (Å²) in [4.78, 5) is 23.9. The van der Waals surface area contributed by atoms with Gasteiger partial charge in [0.15, 0.2) is 11.5 Å². The fourth-order valence-electron chi connectivity index (χ4n) is 4.30. The number of carbonyl (C=O) groups is 2. The van der Waals surface area contributed by atoms with Crippen LogP contribution in [0, 0.1) is 0 Å². The molecular formula is C25H21NO6. The van der Waals surface area contributed by atoms with E-state index < -0.39 is 12.1 Å². The Labute approximate surface area is 184 Å². The van der Waals surface area contributed by atoms with Crippen molar-refractivity contribution in [3.05, 3.63) is 77.4 Å². The van der Waals surface area contributed by atoms with E-state index >= 15 is 0 Å². The highest BCUT2D eigenvalue weighted by molar-refractivity contribution is 5.88. The van der Waals surface area contributed by atoms with Crippen LogP contribution in [0.15, 0.2) is 60.7 Å². The molecule has 3 aromatic carbocycles. The molecule has 0 spiro atoms. The van der Waals surface area contributed by atoms with Gasteiger partial charge >= 0.3 is 12.1 Å². The van der Waals surface area contributed by atoms with Gasteiger partial charge in [-0.1, -0.05) is 48.5 Å². The van der Waals surface area contributed by atoms with Crippen molar-refractivity contribution < 1.29 is 28.9 Å². The van der Waals surface area contributed by atoms with E-state index in [1.165, 1.54) is 0 Å². The molecule has 32 heavy (non-hydrogen) atoms. The van der Waals surface area contributed by atoms with Crippen LogP contribution in [0.5, 0.6) is 11.5 Å². The third-order valence-electron chi connectivity index (χ3n) is 5.69. The Kier molecular flexibility index (Phi) is 5.15. The summed E-state index contributed by atoms with van der Waals surface area (Å²) in [7, 11) is 0. The minimum Gasteiger partial charge on any atom is -0.486 e. The Morgan fingerprint density at radius 3 is 2.16 bits per heavy atom. The molecule has 0 bridgehead atoms. The summed E-state index contributed by atoms with van der Waals surface area (Å²) in [6, 6.07) is 19.4. The number of amides is 1. The van der Waals surface area contributed by atoms with Crippen LogP contribution in [0.1, 0.15) is 22.6 Å². The van der Waals surface area contributed by atoms with Crippen LogP contribution in [-0.4, -0.2) is 37.0 Å². The van der Waals surface area contributed by atoms with Crippen molar-refractivity contribution in [2.24, 2.45) is 0 Å². The molecule has 2 N–H and O–H groups in total. The molecule has 7 nitrogen and oxygen atoms in total. The van der Waals surface area contributed by atoms with Crippen molar-refractivity contribution in [3.63, 3.8) is 0 Å². The van der Waals surface area contributed by atoms with Gasteiger partial charge in [0, 0.05) is 12.0 Å². The number of fused-ring (bicyclic) bond motifs is 4. The Hall–Kier alpha value is -4.00. The normalized spacial score (nSPS) is 13.8. The lowest BCUT2D eigenvalue weighted by Gasteiger charge is -2.21. The van der Waals surface area contributed by atoms with Crippen LogP contribution < -0.4 is 14.8 Å². The molecule has 1 heterocycles. The molecule has 0 fully saturated rings. The van der Waals surface area contributed by atoms with Crippen LogP contribution in [0.3, 0.4) is 0 Å². The molecule has 7 heteroatoms. The van der Waals surface area contributed by atoms with Crippen molar-refractivity contribution in [1.29, 1.82) is 0 Å². The van der Waals surface area contributed by atoms with Crippen molar-refractivity contribution in [2.45, 2.75) is 12.3 Å². The zero-order valence-electron chi connectivity index (χ0n) is 17.2. The van der Waals surface area contributed by atoms with Crippen LogP contribution in [0.4, 0.5) is 10.5 Å². The molecule has 0 saturated carbocycles. The van der Waals surface area contributed by atoms with Gasteiger partial charge in [0.25, 0.3) is 0 Å². The van der Waals surface area contributed by atoms with Gasteiger partial charge < -0.3 is 19.3 Å². The largest absolute Gasteiger partial charge is 0.486 e. The number of carboxylic acids is 1. The van der Waals surface area contributed by atoms with Gasteiger partial charge in [-0.2, -0.15) is 0 Å². The number of hydrogen-bond donors (Lipinski definition) is 2. The average Bonchev–Trinajstić information content (AvgIpc) is 3.11. The summed E-state index contributed by atoms with van der Waals surface area (Å²) in [5, 5.41) is 11.9. The highest BCUT2D eigenvalue weighted by Crippen LogP contribution is 2.44. The van der Waals surface area contributed by atoms with Gasteiger partial charge in [0.1, 0.15) is 19.8 Å². The Balaban J connectivity index is 1.34. The molecule has 1 aliphatic carbocycles. The molecule has 3 aromatic rings. The molecule has 0 radical (unpaired) electrons. The van der Waals surface area contributed by atoms with Crippen LogP contribution in [0.2, 0.25) is 0 Å². The number of nitrogens with one attached hydrogen (secondary N) is 1. The predicted octanol–water partition coefficient (Wildman–Crippen LogP) is 4.45. The molecule has 0 aromatic heterocycles. The molecule has 2 aliphatic rings. The number of anilines is 1. The fraction of sp³-hybridized carbons (Fsp3) is 0.200. The zero-order chi connectivity index (χ0) is 22.1. The number of carbonyl (C=O) groups excluding carboxylic acids is 1. The fourth-order valence-corrected chi connectivity index (χ4v) is 4.30. The van der Waals surface area contributed by atoms with Crippen molar-refractivity contribution in [3.8, 4) is 22.6 Å². The number of rotatable bonds is 5. The van der Waals surface area contributed by atoms with Gasteiger partial charge in [-0.3, -0.25) is 10.1 Å². The molecule has 0 atom stereocenters. The summed E-state index contributed by atoms with van der Waals surface area (Å²) < 4.78 is 16.7. The first kappa shape index (κ1) is 19.9. The third-order valence-corrected chi connectivity index (χ3v) is 5.69. The lowest BCUT2D eigenvalue weighted by Crippen LogP contribution is -2.20. The number of ether oxygens (including phenoxy) is 3. The monoisotopic (exact) mass is 431 g/mol. The first-order valence-corrected chi connectivity index (χ1v) is 10.4. The van der Waals surface area contributed by atoms with E-state index in [2.05, 4.69) is 17.4 Å². The molecule has 0 unspecified atom stereocenters. The Morgan fingerprint density at radius 1 is 0.938 bits per heavy atom. The minimum absolute atomic E-state index is 0.0630. The van der Waals surface area contributed by atoms with Gasteiger partial charge in [-0.25, -0.2) is 4.79 Å². The minimum atomic E-state index is -1.02. The van der Waals surface area contributed by atoms with Gasteiger partial charge in [0.05, 0.1) is 12.1 Å². The molecule has 1 amide bonds. The molecule has 1 aliphatic heterocycles. The summed E-state index contributed by atoms with van der Waals surface area (Å²) in [6.07, 6.45) is -0.925.